The summed E-state index contributed by atoms with van der Waals surface area (Å²) in [7, 11) is -1.80. The summed E-state index contributed by atoms with van der Waals surface area (Å²) in [4.78, 5) is 10.2. The zero-order valence-corrected chi connectivity index (χ0v) is 8.39. The molecule has 6 heteroatoms. The summed E-state index contributed by atoms with van der Waals surface area (Å²) in [6.07, 6.45) is 0. The molecule has 1 aromatic rings. The lowest BCUT2D eigenvalue weighted by Gasteiger charge is -2.03. The minimum absolute atomic E-state index is 0.336. The van der Waals surface area contributed by atoms with Crippen molar-refractivity contribution in [3.8, 4) is 0 Å². The van der Waals surface area contributed by atoms with Crippen molar-refractivity contribution in [1.82, 2.24) is 0 Å². The van der Waals surface area contributed by atoms with E-state index in [4.69, 9.17) is 5.11 Å². The van der Waals surface area contributed by atoms with Crippen molar-refractivity contribution in [3.63, 3.8) is 0 Å². The Hall–Kier alpha value is -1.30. The number of rotatable bonds is 4. The summed E-state index contributed by atoms with van der Waals surface area (Å²) in [6.45, 7) is 0. The third-order valence-corrected chi connectivity index (χ3v) is 2.83. The lowest BCUT2D eigenvalue weighted by atomic mass is 10.2. The number of carboxylic acids is 1. The fraction of sp³-hybridized carbons (Fsp3) is 0.222. The van der Waals surface area contributed by atoms with E-state index in [1.807, 2.05) is 0 Å². The van der Waals surface area contributed by atoms with Crippen LogP contribution < -0.4 is 0 Å². The van der Waals surface area contributed by atoms with E-state index in [-0.39, 0.29) is 5.56 Å². The zero-order chi connectivity index (χ0) is 11.4. The van der Waals surface area contributed by atoms with Gasteiger partial charge in [-0.1, -0.05) is 6.07 Å². The SMILES string of the molecule is O=C(O)CS(=O)Cc1c(F)cccc1F. The summed E-state index contributed by atoms with van der Waals surface area (Å²) in [5, 5.41) is 8.32. The highest BCUT2D eigenvalue weighted by Gasteiger charge is 2.13. The molecule has 0 aromatic heterocycles. The first-order valence-electron chi connectivity index (χ1n) is 4.00. The van der Waals surface area contributed by atoms with Gasteiger partial charge in [-0.3, -0.25) is 9.00 Å². The third-order valence-electron chi connectivity index (χ3n) is 1.65. The fourth-order valence-corrected chi connectivity index (χ4v) is 2.00. The van der Waals surface area contributed by atoms with E-state index in [1.54, 1.807) is 0 Å². The van der Waals surface area contributed by atoms with Gasteiger partial charge in [0.05, 0.1) is 5.75 Å². The molecule has 1 N–H and O–H groups in total. The Kier molecular flexibility index (Phi) is 3.90. The molecule has 0 heterocycles. The van der Waals surface area contributed by atoms with Crippen LogP contribution in [-0.2, 0) is 21.3 Å². The van der Waals surface area contributed by atoms with Gasteiger partial charge < -0.3 is 5.11 Å². The Morgan fingerprint density at radius 2 is 1.87 bits per heavy atom. The number of carboxylic acid groups (broad SMARTS) is 1. The maximum Gasteiger partial charge on any atom is 0.316 e. The maximum atomic E-state index is 13.0. The van der Waals surface area contributed by atoms with Crippen LogP contribution in [0.3, 0.4) is 0 Å². The highest BCUT2D eigenvalue weighted by atomic mass is 32.2. The van der Waals surface area contributed by atoms with Crippen LogP contribution >= 0.6 is 0 Å². The molecule has 1 unspecified atom stereocenters. The van der Waals surface area contributed by atoms with Crippen molar-refractivity contribution < 1.29 is 22.9 Å². The third kappa shape index (κ3) is 3.39. The molecule has 1 atom stereocenters. The van der Waals surface area contributed by atoms with Gasteiger partial charge in [0.25, 0.3) is 0 Å². The van der Waals surface area contributed by atoms with E-state index in [0.29, 0.717) is 0 Å². The maximum absolute atomic E-state index is 13.0. The van der Waals surface area contributed by atoms with Crippen molar-refractivity contribution in [2.75, 3.05) is 5.75 Å². The van der Waals surface area contributed by atoms with Gasteiger partial charge in [0, 0.05) is 16.4 Å². The first-order valence-corrected chi connectivity index (χ1v) is 5.49. The molecule has 0 saturated heterocycles. The van der Waals surface area contributed by atoms with E-state index in [0.717, 1.165) is 12.1 Å². The standard InChI is InChI=1S/C9H8F2O3S/c10-7-2-1-3-8(11)6(7)4-15(14)5-9(12)13/h1-3H,4-5H2,(H,12,13). The zero-order valence-electron chi connectivity index (χ0n) is 7.57. The van der Waals surface area contributed by atoms with E-state index >= 15 is 0 Å². The predicted molar refractivity (Wildman–Crippen MR) is 50.7 cm³/mol. The summed E-state index contributed by atoms with van der Waals surface area (Å²) in [5.74, 6) is -3.92. The molecule has 0 radical (unpaired) electrons. The molecule has 0 fully saturated rings. The van der Waals surface area contributed by atoms with E-state index in [9.17, 15) is 17.8 Å². The molecule has 0 aliphatic heterocycles. The monoisotopic (exact) mass is 234 g/mol. The highest BCUT2D eigenvalue weighted by Crippen LogP contribution is 2.14. The second-order valence-corrected chi connectivity index (χ2v) is 4.28. The van der Waals surface area contributed by atoms with Crippen LogP contribution in [0.5, 0.6) is 0 Å². The lowest BCUT2D eigenvalue weighted by Crippen LogP contribution is -2.12. The molecular formula is C9H8F2O3S. The van der Waals surface area contributed by atoms with E-state index in [1.165, 1.54) is 6.07 Å². The lowest BCUT2D eigenvalue weighted by molar-refractivity contribution is -0.133. The molecule has 0 bridgehead atoms. The van der Waals surface area contributed by atoms with Crippen molar-refractivity contribution in [2.45, 2.75) is 5.75 Å². The Bertz CT molecular complexity index is 386. The molecule has 0 aliphatic rings. The van der Waals surface area contributed by atoms with E-state index < -0.39 is 39.9 Å². The molecule has 0 amide bonds. The quantitative estimate of drug-likeness (QED) is 0.854. The van der Waals surface area contributed by atoms with Gasteiger partial charge in [-0.25, -0.2) is 8.78 Å². The Balaban J connectivity index is 2.80. The van der Waals surface area contributed by atoms with Crippen LogP contribution in [0.1, 0.15) is 5.56 Å². The van der Waals surface area contributed by atoms with Crippen LogP contribution in [-0.4, -0.2) is 21.0 Å². The Morgan fingerprint density at radius 1 is 1.33 bits per heavy atom. The predicted octanol–water partition coefficient (Wildman–Crippen LogP) is 1.30. The van der Waals surface area contributed by atoms with Crippen molar-refractivity contribution >= 4 is 16.8 Å². The van der Waals surface area contributed by atoms with Crippen molar-refractivity contribution in [1.29, 1.82) is 0 Å². The van der Waals surface area contributed by atoms with Gasteiger partial charge in [0.1, 0.15) is 17.4 Å². The number of halogens is 2. The first-order chi connectivity index (χ1) is 7.00. The molecular weight excluding hydrogens is 226 g/mol. The second kappa shape index (κ2) is 4.97. The summed E-state index contributed by atoms with van der Waals surface area (Å²) < 4.78 is 37.2. The molecule has 0 saturated carbocycles. The number of aliphatic carboxylic acids is 1. The van der Waals surface area contributed by atoms with Crippen molar-refractivity contribution in [2.24, 2.45) is 0 Å². The molecule has 82 valence electrons. The first kappa shape index (κ1) is 11.8. The largest absolute Gasteiger partial charge is 0.481 e. The molecule has 1 aromatic carbocycles. The van der Waals surface area contributed by atoms with Crippen LogP contribution in [0.4, 0.5) is 8.78 Å². The summed E-state index contributed by atoms with van der Waals surface area (Å²) >= 11 is 0. The van der Waals surface area contributed by atoms with Gasteiger partial charge in [-0.2, -0.15) is 0 Å². The van der Waals surface area contributed by atoms with Gasteiger partial charge in [-0.15, -0.1) is 0 Å². The smallest absolute Gasteiger partial charge is 0.316 e. The van der Waals surface area contributed by atoms with Crippen LogP contribution in [0.2, 0.25) is 0 Å². The number of hydrogen-bond donors (Lipinski definition) is 1. The summed E-state index contributed by atoms with van der Waals surface area (Å²) in [6, 6.07) is 3.26. The average molecular weight is 234 g/mol. The number of carbonyl (C=O) groups is 1. The normalized spacial score (nSPS) is 12.4. The molecule has 1 rings (SSSR count). The minimum atomic E-state index is -1.80. The van der Waals surface area contributed by atoms with Gasteiger partial charge in [0.2, 0.25) is 0 Å². The highest BCUT2D eigenvalue weighted by molar-refractivity contribution is 7.84. The second-order valence-electron chi connectivity index (χ2n) is 2.82. The van der Waals surface area contributed by atoms with Gasteiger partial charge in [0.15, 0.2) is 0 Å². The van der Waals surface area contributed by atoms with Crippen molar-refractivity contribution in [3.05, 3.63) is 35.4 Å². The number of benzene rings is 1. The number of hydrogen-bond acceptors (Lipinski definition) is 2. The molecule has 15 heavy (non-hydrogen) atoms. The van der Waals surface area contributed by atoms with Gasteiger partial charge >= 0.3 is 5.97 Å². The van der Waals surface area contributed by atoms with E-state index in [2.05, 4.69) is 0 Å². The van der Waals surface area contributed by atoms with Gasteiger partial charge in [-0.05, 0) is 12.1 Å². The fourth-order valence-electron chi connectivity index (χ4n) is 1.02. The minimum Gasteiger partial charge on any atom is -0.481 e. The molecule has 3 nitrogen and oxygen atoms in total. The Morgan fingerprint density at radius 3 is 2.33 bits per heavy atom. The van der Waals surface area contributed by atoms with Crippen LogP contribution in [0, 0.1) is 11.6 Å². The molecule has 0 aliphatic carbocycles. The summed E-state index contributed by atoms with van der Waals surface area (Å²) in [5.41, 5.74) is -0.336. The Labute approximate surface area is 87.2 Å². The topological polar surface area (TPSA) is 54.4 Å². The average Bonchev–Trinajstić information content (AvgIpc) is 2.10. The molecule has 0 spiro atoms. The van der Waals surface area contributed by atoms with Crippen LogP contribution in [0.25, 0.3) is 0 Å². The van der Waals surface area contributed by atoms with Crippen LogP contribution in [0.15, 0.2) is 18.2 Å².